The van der Waals surface area contributed by atoms with Gasteiger partial charge >= 0.3 is 5.97 Å². The van der Waals surface area contributed by atoms with Crippen molar-refractivity contribution in [2.24, 2.45) is 4.99 Å². The minimum atomic E-state index is -2.61. The van der Waals surface area contributed by atoms with Crippen molar-refractivity contribution in [3.05, 3.63) is 77.5 Å². The van der Waals surface area contributed by atoms with Crippen LogP contribution in [-0.2, 0) is 27.6 Å². The highest BCUT2D eigenvalue weighted by Gasteiger charge is 2.40. The zero-order valence-electron chi connectivity index (χ0n) is 19.0. The molecule has 4 rings (SSSR count). The van der Waals surface area contributed by atoms with Crippen LogP contribution in [0.25, 0.3) is 0 Å². The van der Waals surface area contributed by atoms with E-state index in [9.17, 15) is 4.79 Å². The number of carbonyl (C=O) groups is 1. The van der Waals surface area contributed by atoms with Gasteiger partial charge in [-0.3, -0.25) is 0 Å². The molecular weight excluding hydrogens is 455 g/mol. The van der Waals surface area contributed by atoms with E-state index >= 15 is 0 Å². The van der Waals surface area contributed by atoms with E-state index in [4.69, 9.17) is 31.2 Å². The summed E-state index contributed by atoms with van der Waals surface area (Å²) in [6.07, 6.45) is -2.61. The first kappa shape index (κ1) is 23.4. The Labute approximate surface area is 199 Å². The first-order valence-corrected chi connectivity index (χ1v) is 13.6. The Hall–Kier alpha value is -2.80. The lowest BCUT2D eigenvalue weighted by Gasteiger charge is -2.35. The Morgan fingerprint density at radius 2 is 1.73 bits per heavy atom. The van der Waals surface area contributed by atoms with Gasteiger partial charge in [0.2, 0.25) is 12.3 Å². The third-order valence-electron chi connectivity index (χ3n) is 5.44. The van der Waals surface area contributed by atoms with Crippen LogP contribution in [0.1, 0.15) is 35.5 Å². The van der Waals surface area contributed by atoms with Crippen LogP contribution in [0.3, 0.4) is 0 Å². The van der Waals surface area contributed by atoms with Gasteiger partial charge in [-0.05, 0) is 43.0 Å². The fraction of sp³-hybridized carbons (Fsp3) is 0.292. The molecule has 2 aromatic carbocycles. The molecule has 0 saturated carbocycles. The average Bonchev–Trinajstić information content (AvgIpc) is 3.16. The maximum atomic E-state index is 12.3. The summed E-state index contributed by atoms with van der Waals surface area (Å²) in [5, 5.41) is 5.58. The molecule has 2 heterocycles. The normalized spacial score (nSPS) is 17.3. The lowest BCUT2D eigenvalue weighted by Crippen LogP contribution is -2.32. The molecule has 1 atom stereocenters. The lowest BCUT2D eigenvalue weighted by molar-refractivity contribution is 0.0488. The predicted molar refractivity (Wildman–Crippen MR) is 134 cm³/mol. The highest BCUT2D eigenvalue weighted by atomic mass is 32.4. The van der Waals surface area contributed by atoms with Crippen LogP contribution >= 0.6 is 6.42 Å². The molecule has 1 unspecified atom stereocenters. The molecule has 0 saturated heterocycles. The first-order valence-electron chi connectivity index (χ1n) is 11.0. The van der Waals surface area contributed by atoms with Crippen LogP contribution in [0.2, 0.25) is 0 Å². The summed E-state index contributed by atoms with van der Waals surface area (Å²) in [7, 11) is 0. The number of carbonyl (C=O) groups excluding carboxylic acids is 1. The molecule has 0 amide bonds. The molecule has 1 aliphatic rings. The van der Waals surface area contributed by atoms with Crippen molar-refractivity contribution < 1.29 is 14.1 Å². The van der Waals surface area contributed by atoms with Gasteiger partial charge in [0.1, 0.15) is 11.9 Å². The number of ether oxygens (including phenoxy) is 1. The van der Waals surface area contributed by atoms with E-state index in [1.165, 1.54) is 0 Å². The van der Waals surface area contributed by atoms with Gasteiger partial charge in [-0.1, -0.05) is 50.2 Å². The summed E-state index contributed by atoms with van der Waals surface area (Å²) in [6, 6.07) is 18.7. The third-order valence-corrected chi connectivity index (χ3v) is 9.72. The highest BCUT2D eigenvalue weighted by molar-refractivity contribution is 8.15. The summed E-state index contributed by atoms with van der Waals surface area (Å²) in [6.45, 7) is 8.15. The summed E-state index contributed by atoms with van der Waals surface area (Å²) in [4.78, 5) is 17.1. The van der Waals surface area contributed by atoms with E-state index in [0.717, 1.165) is 29.7 Å². The molecule has 0 bridgehead atoms. The largest absolute Gasteiger partial charge is 0.460 e. The number of esters is 1. The summed E-state index contributed by atoms with van der Waals surface area (Å²) >= 11 is 6.22. The van der Waals surface area contributed by atoms with E-state index in [1.807, 2.05) is 55.5 Å². The van der Waals surface area contributed by atoms with E-state index in [-0.39, 0.29) is 12.6 Å². The number of aromatic nitrogens is 2. The summed E-state index contributed by atoms with van der Waals surface area (Å²) in [5.74, 6) is 0.822. The average molecular weight is 483 g/mol. The van der Waals surface area contributed by atoms with Crippen LogP contribution in [0, 0.1) is 6.92 Å². The molecule has 0 aliphatic carbocycles. The second-order valence-electron chi connectivity index (χ2n) is 7.52. The number of rotatable bonds is 8. The van der Waals surface area contributed by atoms with Crippen molar-refractivity contribution in [1.29, 1.82) is 0 Å². The second kappa shape index (κ2) is 10.00. The topological polar surface area (TPSA) is 68.9 Å². The Bertz CT molecular complexity index is 1210. The molecule has 0 spiro atoms. The Balaban J connectivity index is 1.67. The first-order chi connectivity index (χ1) is 16.0. The molecule has 172 valence electrons. The zero-order valence-corrected chi connectivity index (χ0v) is 20.7. The van der Waals surface area contributed by atoms with E-state index in [1.54, 1.807) is 16.8 Å². The van der Waals surface area contributed by atoms with Crippen molar-refractivity contribution in [2.75, 3.05) is 19.7 Å². The van der Waals surface area contributed by atoms with Gasteiger partial charge < -0.3 is 9.26 Å². The molecule has 1 aliphatic heterocycles. The number of benzene rings is 2. The number of hydrogen-bond acceptors (Lipinski definition) is 6. The zero-order chi connectivity index (χ0) is 23.4. The Morgan fingerprint density at radius 3 is 2.36 bits per heavy atom. The molecular formula is C24H27N4O3PS. The number of hydrogen-bond donors (Lipinski definition) is 0. The van der Waals surface area contributed by atoms with Crippen LogP contribution in [0.15, 0.2) is 65.7 Å². The van der Waals surface area contributed by atoms with E-state index in [0.29, 0.717) is 23.8 Å². The quantitative estimate of drug-likeness (QED) is 0.349. The van der Waals surface area contributed by atoms with Crippen molar-refractivity contribution in [3.8, 4) is 0 Å². The highest BCUT2D eigenvalue weighted by Crippen LogP contribution is 2.55. The fourth-order valence-electron chi connectivity index (χ4n) is 3.81. The standard InChI is InChI=1S/C24H27N4O3PS/c1-4-27(5-2)32(33)21-18(3)26-28(16-17-30-24(29)20-14-10-7-11-15-20)22(21)25-23(31-32)19-12-8-6-9-13-19/h6-15H,4-5,16-17H2,1-3H3. The maximum absolute atomic E-state index is 12.3. The van der Waals surface area contributed by atoms with Gasteiger partial charge in [-0.15, -0.1) is 0 Å². The Morgan fingerprint density at radius 1 is 1.09 bits per heavy atom. The molecule has 3 aromatic rings. The van der Waals surface area contributed by atoms with Crippen molar-refractivity contribution >= 4 is 41.2 Å². The van der Waals surface area contributed by atoms with Crippen LogP contribution < -0.4 is 5.30 Å². The SMILES string of the molecule is CCN(CC)P1(=S)OC(c2ccccc2)=Nc2c1c(C)nn2CCOC(=O)c1ccccc1. The van der Waals surface area contributed by atoms with Gasteiger partial charge in [0.15, 0.2) is 5.82 Å². The van der Waals surface area contributed by atoms with Gasteiger partial charge in [0, 0.05) is 18.7 Å². The minimum absolute atomic E-state index is 0.173. The number of aliphatic imine (C=N–C) groups is 1. The number of fused-ring (bicyclic) bond motifs is 1. The predicted octanol–water partition coefficient (Wildman–Crippen LogP) is 4.43. The summed E-state index contributed by atoms with van der Waals surface area (Å²) in [5.41, 5.74) is 2.18. The van der Waals surface area contributed by atoms with Crippen molar-refractivity contribution in [1.82, 2.24) is 14.5 Å². The lowest BCUT2D eigenvalue weighted by atomic mass is 10.2. The van der Waals surface area contributed by atoms with Crippen molar-refractivity contribution in [3.63, 3.8) is 0 Å². The molecule has 0 fully saturated rings. The Kier molecular flexibility index (Phi) is 7.08. The maximum Gasteiger partial charge on any atom is 0.338 e. The number of nitrogens with zero attached hydrogens (tertiary/aromatic N) is 4. The van der Waals surface area contributed by atoms with Gasteiger partial charge in [0.25, 0.3) is 0 Å². The van der Waals surface area contributed by atoms with Gasteiger partial charge in [0.05, 0.1) is 17.8 Å². The van der Waals surface area contributed by atoms with Crippen LogP contribution in [0.5, 0.6) is 0 Å². The molecule has 33 heavy (non-hydrogen) atoms. The van der Waals surface area contributed by atoms with Gasteiger partial charge in [-0.25, -0.2) is 14.1 Å². The molecule has 0 radical (unpaired) electrons. The minimum Gasteiger partial charge on any atom is -0.460 e. The monoisotopic (exact) mass is 482 g/mol. The molecule has 9 heteroatoms. The van der Waals surface area contributed by atoms with Gasteiger partial charge in [-0.2, -0.15) is 10.1 Å². The molecule has 0 N–H and O–H groups in total. The molecule has 7 nitrogen and oxygen atoms in total. The van der Waals surface area contributed by atoms with E-state index in [2.05, 4.69) is 18.5 Å². The van der Waals surface area contributed by atoms with Crippen LogP contribution in [0.4, 0.5) is 5.82 Å². The van der Waals surface area contributed by atoms with Crippen molar-refractivity contribution in [2.45, 2.75) is 27.3 Å². The second-order valence-corrected chi connectivity index (χ2v) is 11.2. The molecule has 1 aromatic heterocycles. The smallest absolute Gasteiger partial charge is 0.338 e. The fourth-order valence-corrected chi connectivity index (χ4v) is 7.84. The van der Waals surface area contributed by atoms with Crippen LogP contribution in [-0.4, -0.2) is 46.0 Å². The third kappa shape index (κ3) is 4.64. The summed E-state index contributed by atoms with van der Waals surface area (Å²) < 4.78 is 15.9. The van der Waals surface area contributed by atoms with E-state index < -0.39 is 6.42 Å². The number of aryl methyl sites for hydroxylation is 1.